The predicted molar refractivity (Wildman–Crippen MR) is 93.7 cm³/mol. The van der Waals surface area contributed by atoms with Crippen molar-refractivity contribution in [1.29, 1.82) is 0 Å². The molecule has 3 N–H and O–H groups in total. The molecule has 1 fully saturated rings. The minimum Gasteiger partial charge on any atom is -0.357 e. The Balaban J connectivity index is 1.95. The van der Waals surface area contributed by atoms with E-state index in [-0.39, 0.29) is 17.8 Å². The predicted octanol–water partition coefficient (Wildman–Crippen LogP) is -0.143. The van der Waals surface area contributed by atoms with Crippen LogP contribution in [0.25, 0.3) is 0 Å². The van der Waals surface area contributed by atoms with Crippen LogP contribution in [0.15, 0.2) is 24.3 Å². The molecule has 0 spiro atoms. The van der Waals surface area contributed by atoms with Crippen molar-refractivity contribution in [3.8, 4) is 11.8 Å². The Morgan fingerprint density at radius 1 is 1.32 bits per heavy atom. The van der Waals surface area contributed by atoms with Crippen LogP contribution < -0.4 is 16.0 Å². The minimum absolute atomic E-state index is 0.0807. The minimum atomic E-state index is -0.604. The van der Waals surface area contributed by atoms with Crippen molar-refractivity contribution in [3.63, 3.8) is 0 Å². The van der Waals surface area contributed by atoms with Crippen LogP contribution in [0.2, 0.25) is 0 Å². The summed E-state index contributed by atoms with van der Waals surface area (Å²) in [6.45, 7) is 3.12. The quantitative estimate of drug-likeness (QED) is 0.651. The monoisotopic (exact) mass is 342 g/mol. The number of urea groups is 1. The Hall–Kier alpha value is -3.01. The summed E-state index contributed by atoms with van der Waals surface area (Å²) in [4.78, 5) is 36.1. The summed E-state index contributed by atoms with van der Waals surface area (Å²) in [6.07, 6.45) is 0.404. The van der Waals surface area contributed by atoms with E-state index in [4.69, 9.17) is 0 Å². The number of hydrogen-bond donors (Lipinski definition) is 3. The summed E-state index contributed by atoms with van der Waals surface area (Å²) in [5.41, 5.74) is 1.76. The molecule has 1 aliphatic rings. The zero-order valence-electron chi connectivity index (χ0n) is 14.4. The Kier molecular flexibility index (Phi) is 6.40. The number of rotatable bonds is 5. The number of carbonyl (C=O) groups is 3. The van der Waals surface area contributed by atoms with Crippen LogP contribution in [0.5, 0.6) is 0 Å². The second-order valence-corrected chi connectivity index (χ2v) is 5.72. The second kappa shape index (κ2) is 8.73. The third-order valence-corrected chi connectivity index (χ3v) is 3.78. The van der Waals surface area contributed by atoms with Crippen LogP contribution in [-0.4, -0.2) is 55.5 Å². The molecule has 0 bridgehead atoms. The lowest BCUT2D eigenvalue weighted by molar-refractivity contribution is -0.127. The summed E-state index contributed by atoms with van der Waals surface area (Å²) in [5.74, 6) is 5.52. The van der Waals surface area contributed by atoms with Crippen LogP contribution >= 0.6 is 0 Å². The van der Waals surface area contributed by atoms with Crippen LogP contribution in [0, 0.1) is 11.8 Å². The first-order chi connectivity index (χ1) is 12.0. The number of hydrogen-bond acceptors (Lipinski definition) is 3. The molecule has 1 aromatic carbocycles. The van der Waals surface area contributed by atoms with Crippen LogP contribution in [0.4, 0.5) is 4.79 Å². The highest BCUT2D eigenvalue weighted by Crippen LogP contribution is 2.07. The van der Waals surface area contributed by atoms with E-state index in [1.807, 2.05) is 24.3 Å². The van der Waals surface area contributed by atoms with Crippen LogP contribution in [0.1, 0.15) is 18.1 Å². The molecular weight excluding hydrogens is 320 g/mol. The topological polar surface area (TPSA) is 90.5 Å². The van der Waals surface area contributed by atoms with Crippen molar-refractivity contribution in [2.45, 2.75) is 19.4 Å². The van der Waals surface area contributed by atoms with E-state index in [2.05, 4.69) is 27.8 Å². The largest absolute Gasteiger partial charge is 0.357 e. The molecule has 7 heteroatoms. The number of benzene rings is 1. The van der Waals surface area contributed by atoms with Gasteiger partial charge in [0.15, 0.2) is 0 Å². The average molecular weight is 342 g/mol. The van der Waals surface area contributed by atoms with Gasteiger partial charge in [-0.15, -0.1) is 0 Å². The maximum absolute atomic E-state index is 11.8. The molecule has 4 amide bonds. The molecule has 0 saturated carbocycles. The fraction of sp³-hybridized carbons (Fsp3) is 0.389. The van der Waals surface area contributed by atoms with Gasteiger partial charge in [0.05, 0.1) is 6.54 Å². The maximum atomic E-state index is 11.8. The lowest BCUT2D eigenvalue weighted by Gasteiger charge is -2.16. The summed E-state index contributed by atoms with van der Waals surface area (Å²) in [5, 5.41) is 7.92. The zero-order chi connectivity index (χ0) is 18.2. The third kappa shape index (κ3) is 5.53. The molecule has 7 nitrogen and oxygen atoms in total. The van der Waals surface area contributed by atoms with E-state index >= 15 is 0 Å². The SMILES string of the molecule is CNC(=O)C(Cc1ccc(C#CCN2CCNC2=O)cc1)NC(C)=O. The Morgan fingerprint density at radius 2 is 2.04 bits per heavy atom. The molecule has 1 heterocycles. The van der Waals surface area contributed by atoms with Gasteiger partial charge in [-0.25, -0.2) is 4.79 Å². The zero-order valence-corrected chi connectivity index (χ0v) is 14.4. The van der Waals surface area contributed by atoms with E-state index in [0.717, 1.165) is 11.1 Å². The molecule has 2 rings (SSSR count). The van der Waals surface area contributed by atoms with Gasteiger partial charge in [0, 0.05) is 39.0 Å². The Labute approximate surface area is 147 Å². The normalized spacial score (nSPS) is 14.2. The van der Waals surface area contributed by atoms with E-state index in [1.54, 1.807) is 4.90 Å². The van der Waals surface area contributed by atoms with Gasteiger partial charge in [-0.05, 0) is 17.7 Å². The summed E-state index contributed by atoms with van der Waals surface area (Å²) < 4.78 is 0. The van der Waals surface area contributed by atoms with Gasteiger partial charge in [0.2, 0.25) is 11.8 Å². The molecule has 1 atom stereocenters. The van der Waals surface area contributed by atoms with Gasteiger partial charge >= 0.3 is 6.03 Å². The molecule has 0 radical (unpaired) electrons. The van der Waals surface area contributed by atoms with Gasteiger partial charge in [-0.1, -0.05) is 24.0 Å². The van der Waals surface area contributed by atoms with Gasteiger partial charge in [0.25, 0.3) is 0 Å². The lowest BCUT2D eigenvalue weighted by atomic mass is 10.0. The molecular formula is C18H22N4O3. The van der Waals surface area contributed by atoms with Crippen LogP contribution in [-0.2, 0) is 16.0 Å². The van der Waals surface area contributed by atoms with Crippen molar-refractivity contribution < 1.29 is 14.4 Å². The fourth-order valence-corrected chi connectivity index (χ4v) is 2.49. The number of carbonyl (C=O) groups excluding carboxylic acids is 3. The average Bonchev–Trinajstić information content (AvgIpc) is 3.00. The van der Waals surface area contributed by atoms with E-state index < -0.39 is 6.04 Å². The van der Waals surface area contributed by atoms with Crippen LogP contribution in [0.3, 0.4) is 0 Å². The van der Waals surface area contributed by atoms with Crippen molar-refractivity contribution >= 4 is 17.8 Å². The molecule has 0 aliphatic carbocycles. The molecule has 1 unspecified atom stereocenters. The van der Waals surface area contributed by atoms with Crippen molar-refractivity contribution in [2.24, 2.45) is 0 Å². The van der Waals surface area contributed by atoms with E-state index in [0.29, 0.717) is 26.1 Å². The molecule has 1 aromatic rings. The number of amides is 4. The number of likely N-dealkylation sites (N-methyl/N-ethyl adjacent to an activating group) is 1. The van der Waals surface area contributed by atoms with E-state index in [9.17, 15) is 14.4 Å². The highest BCUT2D eigenvalue weighted by Gasteiger charge is 2.19. The first kappa shape index (κ1) is 18.3. The van der Waals surface area contributed by atoms with Gasteiger partial charge < -0.3 is 20.9 Å². The Bertz CT molecular complexity index is 703. The number of nitrogens with one attached hydrogen (secondary N) is 3. The highest BCUT2D eigenvalue weighted by molar-refractivity contribution is 5.86. The van der Waals surface area contributed by atoms with Gasteiger partial charge in [0.1, 0.15) is 6.04 Å². The smallest absolute Gasteiger partial charge is 0.318 e. The molecule has 1 aliphatic heterocycles. The Morgan fingerprint density at radius 3 is 2.60 bits per heavy atom. The summed E-state index contributed by atoms with van der Waals surface area (Å²) in [6, 6.07) is 6.80. The lowest BCUT2D eigenvalue weighted by Crippen LogP contribution is -2.46. The third-order valence-electron chi connectivity index (χ3n) is 3.78. The van der Waals surface area contributed by atoms with E-state index in [1.165, 1.54) is 14.0 Å². The van der Waals surface area contributed by atoms with Gasteiger partial charge in [-0.3, -0.25) is 9.59 Å². The number of nitrogens with zero attached hydrogens (tertiary/aromatic N) is 1. The first-order valence-electron chi connectivity index (χ1n) is 8.09. The second-order valence-electron chi connectivity index (χ2n) is 5.72. The van der Waals surface area contributed by atoms with Crippen molar-refractivity contribution in [1.82, 2.24) is 20.9 Å². The molecule has 132 valence electrons. The first-order valence-corrected chi connectivity index (χ1v) is 8.09. The van der Waals surface area contributed by atoms with Gasteiger partial charge in [-0.2, -0.15) is 0 Å². The highest BCUT2D eigenvalue weighted by atomic mass is 16.2. The molecule has 25 heavy (non-hydrogen) atoms. The maximum Gasteiger partial charge on any atom is 0.318 e. The van der Waals surface area contributed by atoms with Crippen molar-refractivity contribution in [2.75, 3.05) is 26.7 Å². The molecule has 1 saturated heterocycles. The standard InChI is InChI=1S/C18H22N4O3/c1-13(23)21-16(17(24)19-2)12-15-7-5-14(6-8-15)4-3-10-22-11-9-20-18(22)25/h5-8,16H,9-12H2,1-2H3,(H,19,24)(H,20,25)(H,21,23). The van der Waals surface area contributed by atoms with Crippen molar-refractivity contribution in [3.05, 3.63) is 35.4 Å². The summed E-state index contributed by atoms with van der Waals surface area (Å²) in [7, 11) is 1.54. The molecule has 0 aromatic heterocycles. The summed E-state index contributed by atoms with van der Waals surface area (Å²) >= 11 is 0. The fourth-order valence-electron chi connectivity index (χ4n) is 2.49.